The Morgan fingerprint density at radius 2 is 2.00 bits per heavy atom. The van der Waals surface area contributed by atoms with Crippen LogP contribution in [0.5, 0.6) is 5.75 Å². The zero-order valence-electron chi connectivity index (χ0n) is 16.1. The topological polar surface area (TPSA) is 92.8 Å². The zero-order chi connectivity index (χ0) is 20.6. The monoisotopic (exact) mass is 414 g/mol. The molecule has 2 aliphatic rings. The van der Waals surface area contributed by atoms with E-state index in [2.05, 4.69) is 4.72 Å². The van der Waals surface area contributed by atoms with E-state index in [1.54, 1.807) is 48.2 Å². The number of Topliss-reactive ketones (excluding diaryl/α,β-unsaturated/α-hetero) is 1. The number of fused-ring (bicyclic) bond motifs is 1. The van der Waals surface area contributed by atoms with Gasteiger partial charge in [-0.3, -0.25) is 9.59 Å². The van der Waals surface area contributed by atoms with E-state index in [0.29, 0.717) is 24.3 Å². The van der Waals surface area contributed by atoms with Crippen molar-refractivity contribution in [2.24, 2.45) is 0 Å². The lowest BCUT2D eigenvalue weighted by Gasteiger charge is -2.34. The first kappa shape index (κ1) is 19.6. The summed E-state index contributed by atoms with van der Waals surface area (Å²) in [5.74, 6) is 0.201. The molecule has 1 N–H and O–H groups in total. The highest BCUT2D eigenvalue weighted by Crippen LogP contribution is 2.38. The van der Waals surface area contributed by atoms with Gasteiger partial charge >= 0.3 is 0 Å². The summed E-state index contributed by atoms with van der Waals surface area (Å²) in [5, 5.41) is 0. The maximum atomic E-state index is 12.6. The van der Waals surface area contributed by atoms with Crippen LogP contribution in [0.4, 0.5) is 0 Å². The van der Waals surface area contributed by atoms with Crippen LogP contribution in [-0.2, 0) is 14.8 Å². The van der Waals surface area contributed by atoms with Gasteiger partial charge in [0.15, 0.2) is 5.78 Å². The Labute approximate surface area is 169 Å². The molecule has 0 radical (unpaired) electrons. The molecule has 29 heavy (non-hydrogen) atoms. The molecule has 152 valence electrons. The Bertz CT molecular complexity index is 1080. The van der Waals surface area contributed by atoms with Crippen LogP contribution in [0.2, 0.25) is 0 Å². The lowest BCUT2D eigenvalue weighted by molar-refractivity contribution is -0.129. The summed E-state index contributed by atoms with van der Waals surface area (Å²) in [5.41, 5.74) is 0.644. The molecule has 1 atom stereocenters. The predicted molar refractivity (Wildman–Crippen MR) is 106 cm³/mol. The normalized spacial score (nSPS) is 21.1. The molecule has 0 aromatic heterocycles. The summed E-state index contributed by atoms with van der Waals surface area (Å²) in [6.07, 6.45) is 0.742. The number of carbonyl (C=O) groups excluding carboxylic acids is 2. The number of carbonyl (C=O) groups is 2. The number of rotatable bonds is 4. The van der Waals surface area contributed by atoms with Crippen LogP contribution in [-0.4, -0.2) is 50.2 Å². The average molecular weight is 414 g/mol. The van der Waals surface area contributed by atoms with Crippen LogP contribution < -0.4 is 9.46 Å². The van der Waals surface area contributed by atoms with Crippen LogP contribution in [0, 0.1) is 6.92 Å². The second-order valence-corrected chi connectivity index (χ2v) is 9.35. The van der Waals surface area contributed by atoms with Crippen molar-refractivity contribution < 1.29 is 22.7 Å². The highest BCUT2D eigenvalue weighted by atomic mass is 32.2. The van der Waals surface area contributed by atoms with Crippen molar-refractivity contribution >= 4 is 21.7 Å². The number of sulfonamides is 1. The number of nitrogens with zero attached hydrogens (tertiary/aromatic N) is 1. The number of amides is 1. The molecule has 2 aliphatic heterocycles. The van der Waals surface area contributed by atoms with Gasteiger partial charge in [-0.1, -0.05) is 24.3 Å². The van der Waals surface area contributed by atoms with Crippen molar-refractivity contribution in [2.75, 3.05) is 19.6 Å². The molecule has 1 saturated heterocycles. The number of likely N-dealkylation sites (tertiary alicyclic amines) is 1. The van der Waals surface area contributed by atoms with Gasteiger partial charge in [0, 0.05) is 13.0 Å². The maximum absolute atomic E-state index is 12.6. The number of hydrogen-bond acceptors (Lipinski definition) is 5. The third-order valence-corrected chi connectivity index (χ3v) is 6.78. The molecule has 1 unspecified atom stereocenters. The molecule has 0 bridgehead atoms. The fourth-order valence-corrected chi connectivity index (χ4v) is 4.94. The zero-order valence-corrected chi connectivity index (χ0v) is 16.9. The molecule has 1 fully saturated rings. The van der Waals surface area contributed by atoms with Gasteiger partial charge in [0.1, 0.15) is 11.4 Å². The van der Waals surface area contributed by atoms with Gasteiger partial charge < -0.3 is 9.64 Å². The molecule has 2 aromatic carbocycles. The van der Waals surface area contributed by atoms with Gasteiger partial charge in [-0.15, -0.1) is 0 Å². The quantitative estimate of drug-likeness (QED) is 0.825. The number of hydrogen-bond donors (Lipinski definition) is 1. The van der Waals surface area contributed by atoms with Crippen molar-refractivity contribution in [3.05, 3.63) is 59.7 Å². The standard InChI is InChI=1S/C21H22N2O5S/c1-15-5-4-6-16(11-15)29(26,27)22-13-20(25)23-10-9-21(14-23)12-18(24)17-7-2-3-8-19(17)28-21/h2-8,11,22H,9-10,12-14H2,1H3. The Morgan fingerprint density at radius 3 is 2.79 bits per heavy atom. The molecule has 7 nitrogen and oxygen atoms in total. The van der Waals surface area contributed by atoms with Crippen LogP contribution in [0.3, 0.4) is 0 Å². The molecule has 2 heterocycles. The Kier molecular flexibility index (Phi) is 4.92. The average Bonchev–Trinajstić information content (AvgIpc) is 3.09. The van der Waals surface area contributed by atoms with Crippen molar-refractivity contribution in [2.45, 2.75) is 30.3 Å². The third-order valence-electron chi connectivity index (χ3n) is 5.38. The fourth-order valence-electron chi connectivity index (χ4n) is 3.86. The van der Waals surface area contributed by atoms with Gasteiger partial charge in [-0.2, -0.15) is 0 Å². The van der Waals surface area contributed by atoms with E-state index in [1.807, 2.05) is 6.07 Å². The summed E-state index contributed by atoms with van der Waals surface area (Å²) in [6.45, 7) is 2.15. The lowest BCUT2D eigenvalue weighted by atomic mass is 9.89. The van der Waals surface area contributed by atoms with E-state index in [-0.39, 0.29) is 36.1 Å². The van der Waals surface area contributed by atoms with Crippen LogP contribution >= 0.6 is 0 Å². The van der Waals surface area contributed by atoms with E-state index >= 15 is 0 Å². The Balaban J connectivity index is 1.41. The first-order valence-electron chi connectivity index (χ1n) is 9.43. The molecular weight excluding hydrogens is 392 g/mol. The van der Waals surface area contributed by atoms with Crippen LogP contribution in [0.1, 0.15) is 28.8 Å². The Hall–Kier alpha value is -2.71. The molecular formula is C21H22N2O5S. The molecule has 0 aliphatic carbocycles. The fraction of sp³-hybridized carbons (Fsp3) is 0.333. The summed E-state index contributed by atoms with van der Waals surface area (Å²) in [7, 11) is -3.77. The molecule has 0 saturated carbocycles. The first-order chi connectivity index (χ1) is 13.8. The third kappa shape index (κ3) is 3.90. The molecule has 1 spiro atoms. The second-order valence-electron chi connectivity index (χ2n) is 7.59. The number of ketones is 1. The first-order valence-corrected chi connectivity index (χ1v) is 10.9. The maximum Gasteiger partial charge on any atom is 0.241 e. The van der Waals surface area contributed by atoms with Crippen molar-refractivity contribution in [3.63, 3.8) is 0 Å². The van der Waals surface area contributed by atoms with Gasteiger partial charge in [0.2, 0.25) is 15.9 Å². The molecule has 1 amide bonds. The van der Waals surface area contributed by atoms with Gasteiger partial charge in [-0.05, 0) is 36.8 Å². The van der Waals surface area contributed by atoms with Crippen molar-refractivity contribution in [3.8, 4) is 5.75 Å². The van der Waals surface area contributed by atoms with Crippen LogP contribution in [0.15, 0.2) is 53.4 Å². The number of aryl methyl sites for hydroxylation is 1. The molecule has 8 heteroatoms. The smallest absolute Gasteiger partial charge is 0.241 e. The van der Waals surface area contributed by atoms with E-state index in [9.17, 15) is 18.0 Å². The number of ether oxygens (including phenoxy) is 1. The van der Waals surface area contributed by atoms with Crippen molar-refractivity contribution in [1.82, 2.24) is 9.62 Å². The second kappa shape index (κ2) is 7.27. The minimum Gasteiger partial charge on any atom is -0.484 e. The summed E-state index contributed by atoms with van der Waals surface area (Å²) in [4.78, 5) is 26.8. The van der Waals surface area contributed by atoms with Gasteiger partial charge in [-0.25, -0.2) is 13.1 Å². The molecule has 2 aromatic rings. The van der Waals surface area contributed by atoms with Crippen LogP contribution in [0.25, 0.3) is 0 Å². The van der Waals surface area contributed by atoms with E-state index in [1.165, 1.54) is 6.07 Å². The lowest BCUT2D eigenvalue weighted by Crippen LogP contribution is -2.46. The number of para-hydroxylation sites is 1. The number of nitrogens with one attached hydrogen (secondary N) is 1. The Morgan fingerprint density at radius 1 is 1.21 bits per heavy atom. The summed E-state index contributed by atoms with van der Waals surface area (Å²) < 4.78 is 33.3. The highest BCUT2D eigenvalue weighted by molar-refractivity contribution is 7.89. The minimum absolute atomic E-state index is 0.00120. The number of benzene rings is 2. The molecule has 4 rings (SSSR count). The van der Waals surface area contributed by atoms with E-state index in [0.717, 1.165) is 5.56 Å². The highest BCUT2D eigenvalue weighted by Gasteiger charge is 2.46. The van der Waals surface area contributed by atoms with Gasteiger partial charge in [0.25, 0.3) is 0 Å². The van der Waals surface area contributed by atoms with E-state index in [4.69, 9.17) is 4.74 Å². The SMILES string of the molecule is Cc1cccc(S(=O)(=O)NCC(=O)N2CCC3(CC(=O)c4ccccc4O3)C2)c1. The summed E-state index contributed by atoms with van der Waals surface area (Å²) in [6, 6.07) is 13.6. The van der Waals surface area contributed by atoms with Gasteiger partial charge in [0.05, 0.1) is 30.0 Å². The van der Waals surface area contributed by atoms with Crippen molar-refractivity contribution in [1.29, 1.82) is 0 Å². The largest absolute Gasteiger partial charge is 0.484 e. The minimum atomic E-state index is -3.77. The predicted octanol–water partition coefficient (Wildman–Crippen LogP) is 1.91. The van der Waals surface area contributed by atoms with E-state index < -0.39 is 15.6 Å². The summed E-state index contributed by atoms with van der Waals surface area (Å²) >= 11 is 0.